The predicted octanol–water partition coefficient (Wildman–Crippen LogP) is 7.17. The topological polar surface area (TPSA) is 0 Å². The summed E-state index contributed by atoms with van der Waals surface area (Å²) in [4.78, 5) is 0. The third kappa shape index (κ3) is 4.32. The molecule has 0 aliphatic carbocycles. The van der Waals surface area contributed by atoms with Gasteiger partial charge in [0.25, 0.3) is 0 Å². The van der Waals surface area contributed by atoms with E-state index in [9.17, 15) is 0 Å². The molecule has 0 nitrogen and oxygen atoms in total. The summed E-state index contributed by atoms with van der Waals surface area (Å²) in [6.07, 6.45) is 4.34. The second-order valence-corrected chi connectivity index (χ2v) is 12.0. The fourth-order valence-corrected chi connectivity index (χ4v) is 4.99. The Bertz CT molecular complexity index is 348. The molecule has 0 saturated carbocycles. The molecule has 0 atom stereocenters. The van der Waals surface area contributed by atoms with Crippen LogP contribution < -0.4 is 0 Å². The van der Waals surface area contributed by atoms with E-state index < -0.39 is 0 Å². The quantitative estimate of drug-likeness (QED) is 0.359. The maximum absolute atomic E-state index is 3.82. The van der Waals surface area contributed by atoms with Crippen LogP contribution in [0.5, 0.6) is 0 Å². The molecule has 0 aliphatic heterocycles. The van der Waals surface area contributed by atoms with Crippen molar-refractivity contribution in [3.8, 4) is 0 Å². The van der Waals surface area contributed by atoms with E-state index in [2.05, 4.69) is 102 Å². The molecule has 1 rings (SSSR count). The molecule has 18 heavy (non-hydrogen) atoms. The molecule has 0 aromatic heterocycles. The molecule has 0 heterocycles. The Hall–Kier alpha value is 1.14. The van der Waals surface area contributed by atoms with Gasteiger partial charge in [-0.2, -0.15) is 0 Å². The van der Waals surface area contributed by atoms with Gasteiger partial charge in [0.15, 0.2) is 0 Å². The summed E-state index contributed by atoms with van der Waals surface area (Å²) in [5, 5.41) is 0. The summed E-state index contributed by atoms with van der Waals surface area (Å²) < 4.78 is -0.294. The zero-order valence-electron chi connectivity index (χ0n) is 10.6. The van der Waals surface area contributed by atoms with Gasteiger partial charge in [0.1, 0.15) is 6.47 Å². The lowest BCUT2D eigenvalue weighted by Gasteiger charge is -2.29. The molecule has 0 spiro atoms. The Balaban J connectivity index is 3.22. The van der Waals surface area contributed by atoms with Gasteiger partial charge in [-0.1, -0.05) is 115 Å². The van der Waals surface area contributed by atoms with E-state index in [1.807, 2.05) is 0 Å². The maximum atomic E-state index is 3.82. The van der Waals surface area contributed by atoms with Crippen LogP contribution >= 0.6 is 63.7 Å². The highest BCUT2D eigenvalue weighted by molar-refractivity contribution is 9.25. The minimum atomic E-state index is -0.147. The molecule has 102 valence electrons. The van der Waals surface area contributed by atoms with Crippen LogP contribution in [0.3, 0.4) is 0 Å². The van der Waals surface area contributed by atoms with E-state index >= 15 is 0 Å². The molecule has 0 bridgehead atoms. The Labute approximate surface area is 144 Å². The molecule has 0 aliphatic rings. The zero-order valence-corrected chi connectivity index (χ0v) is 17.0. The largest absolute Gasteiger partial charge is 0.106 e. The standard InChI is InChI=1S/C14H18Br4/c1-3-9-13(15,16)11-7-5-6-8-12(11)14(17,18)10-4-2/h5-8H,3-4,9-10H2,1-2H3. The smallest absolute Gasteiger partial charge is 0.0674 e. The first-order chi connectivity index (χ1) is 8.35. The van der Waals surface area contributed by atoms with Crippen molar-refractivity contribution in [2.45, 2.75) is 46.0 Å². The van der Waals surface area contributed by atoms with Gasteiger partial charge in [-0.15, -0.1) is 0 Å². The van der Waals surface area contributed by atoms with Crippen LogP contribution in [0, 0.1) is 0 Å². The number of alkyl halides is 4. The van der Waals surface area contributed by atoms with Gasteiger partial charge in [-0.05, 0) is 24.0 Å². The van der Waals surface area contributed by atoms with Gasteiger partial charge in [-0.25, -0.2) is 0 Å². The summed E-state index contributed by atoms with van der Waals surface area (Å²) in [7, 11) is 0. The highest BCUT2D eigenvalue weighted by Gasteiger charge is 2.34. The lowest BCUT2D eigenvalue weighted by Crippen LogP contribution is -2.18. The summed E-state index contributed by atoms with van der Waals surface area (Å²) in [5.74, 6) is 0. The Morgan fingerprint density at radius 1 is 0.778 bits per heavy atom. The van der Waals surface area contributed by atoms with Crippen molar-refractivity contribution in [3.05, 3.63) is 35.4 Å². The van der Waals surface area contributed by atoms with Gasteiger partial charge >= 0.3 is 0 Å². The molecular formula is C14H18Br4. The van der Waals surface area contributed by atoms with Crippen molar-refractivity contribution in [1.29, 1.82) is 0 Å². The van der Waals surface area contributed by atoms with Gasteiger partial charge in [-0.3, -0.25) is 0 Å². The SMILES string of the molecule is CCCC(Br)(Br)c1ccccc1C(Br)(Br)CCC. The molecular weight excluding hydrogens is 488 g/mol. The monoisotopic (exact) mass is 502 g/mol. The Morgan fingerprint density at radius 2 is 1.11 bits per heavy atom. The van der Waals surface area contributed by atoms with Crippen molar-refractivity contribution >= 4 is 63.7 Å². The molecule has 0 fully saturated rings. The van der Waals surface area contributed by atoms with Crippen LogP contribution in [0.15, 0.2) is 24.3 Å². The van der Waals surface area contributed by atoms with Crippen molar-refractivity contribution in [3.63, 3.8) is 0 Å². The summed E-state index contributed by atoms with van der Waals surface area (Å²) in [5.41, 5.74) is 2.57. The minimum absolute atomic E-state index is 0.147. The van der Waals surface area contributed by atoms with Crippen molar-refractivity contribution in [2.75, 3.05) is 0 Å². The van der Waals surface area contributed by atoms with Gasteiger partial charge in [0, 0.05) is 0 Å². The summed E-state index contributed by atoms with van der Waals surface area (Å²) in [6, 6.07) is 8.55. The van der Waals surface area contributed by atoms with Crippen LogP contribution in [-0.2, 0) is 6.47 Å². The van der Waals surface area contributed by atoms with E-state index in [0.29, 0.717) is 0 Å². The van der Waals surface area contributed by atoms with Crippen molar-refractivity contribution in [1.82, 2.24) is 0 Å². The highest BCUT2D eigenvalue weighted by Crippen LogP contribution is 2.51. The lowest BCUT2D eigenvalue weighted by molar-refractivity contribution is 0.715. The zero-order chi connectivity index (χ0) is 13.8. The third-order valence-corrected chi connectivity index (χ3v) is 6.14. The second-order valence-electron chi connectivity index (χ2n) is 4.45. The van der Waals surface area contributed by atoms with Gasteiger partial charge < -0.3 is 0 Å². The molecule has 0 amide bonds. The van der Waals surface area contributed by atoms with E-state index in [1.165, 1.54) is 11.1 Å². The lowest BCUT2D eigenvalue weighted by atomic mass is 9.97. The number of halogens is 4. The maximum Gasteiger partial charge on any atom is 0.106 e. The van der Waals surface area contributed by atoms with E-state index in [0.717, 1.165) is 25.7 Å². The average Bonchev–Trinajstić information content (AvgIpc) is 2.29. The molecule has 1 aromatic carbocycles. The van der Waals surface area contributed by atoms with Crippen LogP contribution in [0.1, 0.15) is 50.7 Å². The Kier molecular flexibility index (Phi) is 6.91. The number of hydrogen-bond donors (Lipinski definition) is 0. The number of benzene rings is 1. The average molecular weight is 506 g/mol. The van der Waals surface area contributed by atoms with Crippen LogP contribution in [-0.4, -0.2) is 0 Å². The van der Waals surface area contributed by atoms with Gasteiger partial charge in [0.05, 0.1) is 0 Å². The number of rotatable bonds is 6. The first-order valence-electron chi connectivity index (χ1n) is 6.20. The van der Waals surface area contributed by atoms with Crippen molar-refractivity contribution in [2.24, 2.45) is 0 Å². The van der Waals surface area contributed by atoms with Crippen LogP contribution in [0.25, 0.3) is 0 Å². The third-order valence-electron chi connectivity index (χ3n) is 2.84. The normalized spacial score (nSPS) is 12.8. The molecule has 0 saturated heterocycles. The Morgan fingerprint density at radius 3 is 1.39 bits per heavy atom. The van der Waals surface area contributed by atoms with Crippen molar-refractivity contribution < 1.29 is 0 Å². The fourth-order valence-electron chi connectivity index (χ4n) is 2.02. The molecule has 0 radical (unpaired) electrons. The first-order valence-corrected chi connectivity index (χ1v) is 9.38. The molecule has 4 heteroatoms. The van der Waals surface area contributed by atoms with E-state index in [1.54, 1.807) is 0 Å². The molecule has 0 N–H and O–H groups in total. The van der Waals surface area contributed by atoms with Gasteiger partial charge in [0.2, 0.25) is 0 Å². The summed E-state index contributed by atoms with van der Waals surface area (Å²) in [6.45, 7) is 4.39. The fraction of sp³-hybridized carbons (Fsp3) is 0.571. The van der Waals surface area contributed by atoms with Crippen LogP contribution in [0.4, 0.5) is 0 Å². The van der Waals surface area contributed by atoms with Crippen LogP contribution in [0.2, 0.25) is 0 Å². The molecule has 1 aromatic rings. The van der Waals surface area contributed by atoms with E-state index in [4.69, 9.17) is 0 Å². The summed E-state index contributed by atoms with van der Waals surface area (Å²) >= 11 is 15.3. The first kappa shape index (κ1) is 17.2. The number of hydrogen-bond acceptors (Lipinski definition) is 0. The molecule has 0 unspecified atom stereocenters. The second kappa shape index (κ2) is 7.24. The highest BCUT2D eigenvalue weighted by atomic mass is 79.9. The van der Waals surface area contributed by atoms with E-state index in [-0.39, 0.29) is 6.47 Å². The minimum Gasteiger partial charge on any atom is -0.0674 e. The predicted molar refractivity (Wildman–Crippen MR) is 95.3 cm³/mol.